The summed E-state index contributed by atoms with van der Waals surface area (Å²) in [5.74, 6) is 0.487. The summed E-state index contributed by atoms with van der Waals surface area (Å²) in [4.78, 5) is 12.1. The maximum atomic E-state index is 12.1. The molecule has 0 aliphatic carbocycles. The number of hydrogen-bond acceptors (Lipinski definition) is 2. The number of halogens is 1. The Labute approximate surface area is 141 Å². The average Bonchev–Trinajstić information content (AvgIpc) is 2.53. The quantitative estimate of drug-likeness (QED) is 0.805. The maximum Gasteiger partial charge on any atom is 0.230 e. The Hall–Kier alpha value is -1.45. The highest BCUT2D eigenvalue weighted by Crippen LogP contribution is 2.27. The van der Waals surface area contributed by atoms with Gasteiger partial charge in [-0.3, -0.25) is 4.79 Å². The molecule has 0 aliphatic heterocycles. The molecule has 0 unspecified atom stereocenters. The summed E-state index contributed by atoms with van der Waals surface area (Å²) >= 11 is 7.62. The molecule has 2 aromatic rings. The van der Waals surface area contributed by atoms with Crippen LogP contribution in [0.5, 0.6) is 0 Å². The van der Waals surface area contributed by atoms with Crippen molar-refractivity contribution < 1.29 is 4.79 Å². The topological polar surface area (TPSA) is 29.1 Å². The molecule has 22 heavy (non-hydrogen) atoms. The summed E-state index contributed by atoms with van der Waals surface area (Å²) in [7, 11) is 0. The lowest BCUT2D eigenvalue weighted by molar-refractivity contribution is -0.119. The summed E-state index contributed by atoms with van der Waals surface area (Å²) in [6.45, 7) is 4.09. The van der Waals surface area contributed by atoms with E-state index < -0.39 is 0 Å². The number of hydrogen-bond donors (Lipinski definition) is 1. The van der Waals surface area contributed by atoms with Crippen LogP contribution in [0.3, 0.4) is 0 Å². The van der Waals surface area contributed by atoms with E-state index in [1.807, 2.05) is 49.4 Å². The fourth-order valence-corrected chi connectivity index (χ4v) is 3.20. The van der Waals surface area contributed by atoms with Crippen molar-refractivity contribution in [3.8, 4) is 0 Å². The minimum atomic E-state index is -0.0427. The van der Waals surface area contributed by atoms with Crippen LogP contribution in [0.25, 0.3) is 0 Å². The van der Waals surface area contributed by atoms with Gasteiger partial charge in [0, 0.05) is 10.3 Å². The smallest absolute Gasteiger partial charge is 0.230 e. The van der Waals surface area contributed by atoms with Crippen LogP contribution in [-0.4, -0.2) is 11.7 Å². The fraction of sp³-hybridized carbons (Fsp3) is 0.278. The number of nitrogens with one attached hydrogen (secondary N) is 1. The summed E-state index contributed by atoms with van der Waals surface area (Å²) in [5, 5.41) is 4.00. The van der Waals surface area contributed by atoms with Gasteiger partial charge < -0.3 is 5.32 Å². The first-order valence-corrected chi connectivity index (χ1v) is 8.70. The van der Waals surface area contributed by atoms with Gasteiger partial charge in [-0.25, -0.2) is 0 Å². The first-order valence-electron chi connectivity index (χ1n) is 7.27. The molecule has 0 fully saturated rings. The van der Waals surface area contributed by atoms with E-state index in [0.29, 0.717) is 16.0 Å². The van der Waals surface area contributed by atoms with Crippen molar-refractivity contribution in [1.82, 2.24) is 5.32 Å². The Morgan fingerprint density at radius 3 is 2.45 bits per heavy atom. The average molecular weight is 334 g/mol. The van der Waals surface area contributed by atoms with Gasteiger partial charge >= 0.3 is 0 Å². The van der Waals surface area contributed by atoms with Crippen molar-refractivity contribution in [2.45, 2.75) is 25.1 Å². The van der Waals surface area contributed by atoms with Gasteiger partial charge in [0.25, 0.3) is 0 Å². The second-order valence-electron chi connectivity index (χ2n) is 5.21. The van der Waals surface area contributed by atoms with Crippen LogP contribution in [0.15, 0.2) is 54.6 Å². The van der Waals surface area contributed by atoms with Crippen LogP contribution < -0.4 is 5.32 Å². The predicted molar refractivity (Wildman–Crippen MR) is 95.3 cm³/mol. The Morgan fingerprint density at radius 2 is 1.77 bits per heavy atom. The molecule has 2 nitrogen and oxygen atoms in total. The number of amides is 1. The van der Waals surface area contributed by atoms with Gasteiger partial charge in [0.05, 0.1) is 11.8 Å². The third-order valence-electron chi connectivity index (χ3n) is 3.46. The molecule has 1 amide bonds. The van der Waals surface area contributed by atoms with Crippen molar-refractivity contribution in [1.29, 1.82) is 0 Å². The fourth-order valence-electron chi connectivity index (χ4n) is 2.16. The van der Waals surface area contributed by atoms with E-state index >= 15 is 0 Å². The molecule has 0 saturated carbocycles. The van der Waals surface area contributed by atoms with E-state index in [4.69, 9.17) is 11.6 Å². The van der Waals surface area contributed by atoms with Crippen LogP contribution in [0, 0.1) is 0 Å². The van der Waals surface area contributed by atoms with E-state index in [-0.39, 0.29) is 11.9 Å². The predicted octanol–water partition coefficient (Wildman–Crippen LogP) is 5.01. The highest BCUT2D eigenvalue weighted by molar-refractivity contribution is 8.00. The third-order valence-corrected chi connectivity index (χ3v) is 4.90. The zero-order valence-electron chi connectivity index (χ0n) is 12.8. The first kappa shape index (κ1) is 16.9. The van der Waals surface area contributed by atoms with Gasteiger partial charge in [-0.05, 0) is 37.1 Å². The first-order chi connectivity index (χ1) is 10.6. The molecule has 0 aliphatic rings. The SMILES string of the molecule is C[C@H](NC(=O)CS[C@@H](C)c1ccccc1)c1cccc(Cl)c1. The molecule has 0 radical (unpaired) electrons. The molecule has 116 valence electrons. The monoisotopic (exact) mass is 333 g/mol. The number of carbonyl (C=O) groups excluding carboxylic acids is 1. The Kier molecular flexibility index (Phi) is 6.34. The minimum Gasteiger partial charge on any atom is -0.349 e. The van der Waals surface area contributed by atoms with Crippen LogP contribution in [0.4, 0.5) is 0 Å². The van der Waals surface area contributed by atoms with Gasteiger partial charge in [0.15, 0.2) is 0 Å². The second-order valence-corrected chi connectivity index (χ2v) is 6.97. The second kappa shape index (κ2) is 8.25. The molecular formula is C18H20ClNOS. The van der Waals surface area contributed by atoms with Crippen molar-refractivity contribution in [3.05, 3.63) is 70.7 Å². The van der Waals surface area contributed by atoms with E-state index in [2.05, 4.69) is 24.4 Å². The Balaban J connectivity index is 1.83. The van der Waals surface area contributed by atoms with Crippen molar-refractivity contribution in [2.75, 3.05) is 5.75 Å². The molecule has 0 heterocycles. The van der Waals surface area contributed by atoms with Crippen molar-refractivity contribution >= 4 is 29.3 Å². The molecule has 4 heteroatoms. The summed E-state index contributed by atoms with van der Waals surface area (Å²) < 4.78 is 0. The largest absolute Gasteiger partial charge is 0.349 e. The molecule has 2 aromatic carbocycles. The zero-order chi connectivity index (χ0) is 15.9. The normalized spacial score (nSPS) is 13.4. The minimum absolute atomic E-state index is 0.0419. The lowest BCUT2D eigenvalue weighted by Crippen LogP contribution is -2.28. The van der Waals surface area contributed by atoms with Gasteiger partial charge in [-0.2, -0.15) is 0 Å². The van der Waals surface area contributed by atoms with Gasteiger partial charge in [0.2, 0.25) is 5.91 Å². The lowest BCUT2D eigenvalue weighted by Gasteiger charge is -2.16. The van der Waals surface area contributed by atoms with E-state index in [1.54, 1.807) is 11.8 Å². The van der Waals surface area contributed by atoms with E-state index in [1.165, 1.54) is 5.56 Å². The van der Waals surface area contributed by atoms with Crippen molar-refractivity contribution in [3.63, 3.8) is 0 Å². The molecule has 0 bridgehead atoms. The van der Waals surface area contributed by atoms with Gasteiger partial charge in [0.1, 0.15) is 0 Å². The molecule has 0 spiro atoms. The van der Waals surface area contributed by atoms with Crippen LogP contribution >= 0.6 is 23.4 Å². The number of rotatable bonds is 6. The summed E-state index contributed by atoms with van der Waals surface area (Å²) in [6, 6.07) is 17.8. The highest BCUT2D eigenvalue weighted by Gasteiger charge is 2.12. The number of thioether (sulfide) groups is 1. The molecular weight excluding hydrogens is 314 g/mol. The molecule has 1 N–H and O–H groups in total. The standard InChI is InChI=1S/C18H20ClNOS/c1-13(16-9-6-10-17(19)11-16)20-18(21)12-22-14(2)15-7-4-3-5-8-15/h3-11,13-14H,12H2,1-2H3,(H,20,21)/t13-,14-/m0/s1. The van der Waals surface area contributed by atoms with E-state index in [0.717, 1.165) is 5.56 Å². The summed E-state index contributed by atoms with van der Waals surface area (Å²) in [6.07, 6.45) is 0. The number of carbonyl (C=O) groups is 1. The zero-order valence-corrected chi connectivity index (χ0v) is 14.3. The molecule has 2 rings (SSSR count). The van der Waals surface area contributed by atoms with Gasteiger partial charge in [-0.1, -0.05) is 54.1 Å². The summed E-state index contributed by atoms with van der Waals surface area (Å²) in [5.41, 5.74) is 2.25. The van der Waals surface area contributed by atoms with Crippen LogP contribution in [0.2, 0.25) is 5.02 Å². The van der Waals surface area contributed by atoms with Crippen molar-refractivity contribution in [2.24, 2.45) is 0 Å². The van der Waals surface area contributed by atoms with Gasteiger partial charge in [-0.15, -0.1) is 11.8 Å². The maximum absolute atomic E-state index is 12.1. The Morgan fingerprint density at radius 1 is 1.09 bits per heavy atom. The molecule has 0 saturated heterocycles. The van der Waals surface area contributed by atoms with E-state index in [9.17, 15) is 4.79 Å². The van der Waals surface area contributed by atoms with Crippen LogP contribution in [-0.2, 0) is 4.79 Å². The third kappa shape index (κ3) is 5.08. The number of benzene rings is 2. The molecule has 0 aromatic heterocycles. The highest BCUT2D eigenvalue weighted by atomic mass is 35.5. The Bertz CT molecular complexity index is 617. The lowest BCUT2D eigenvalue weighted by atomic mass is 10.1. The molecule has 2 atom stereocenters. The van der Waals surface area contributed by atoms with Crippen LogP contribution in [0.1, 0.15) is 36.3 Å².